The third kappa shape index (κ3) is 3.33. The van der Waals surface area contributed by atoms with Crippen molar-refractivity contribution in [2.24, 2.45) is 11.8 Å². The standard InChI is InChI=1S/C19H25N3O4/c1-2-13-4-3-5-20-18(13)19(24)22-8-14-6-21(7-15(14)9-22)17(23)12-26-16-10-25-11-16/h3-5,14-16H,2,6-12H2,1H3/t14-,15+. The molecule has 7 heteroatoms. The second kappa shape index (κ2) is 7.32. The molecule has 7 nitrogen and oxygen atoms in total. The van der Waals surface area contributed by atoms with Crippen LogP contribution >= 0.6 is 0 Å². The van der Waals surface area contributed by atoms with Crippen LogP contribution in [0.1, 0.15) is 23.0 Å². The van der Waals surface area contributed by atoms with Crippen molar-refractivity contribution in [3.63, 3.8) is 0 Å². The lowest BCUT2D eigenvalue weighted by molar-refractivity contribution is -0.155. The molecule has 2 atom stereocenters. The smallest absolute Gasteiger partial charge is 0.272 e. The van der Waals surface area contributed by atoms with Crippen molar-refractivity contribution < 1.29 is 19.1 Å². The van der Waals surface area contributed by atoms with Gasteiger partial charge in [0.05, 0.1) is 13.2 Å². The fourth-order valence-electron chi connectivity index (χ4n) is 4.02. The van der Waals surface area contributed by atoms with E-state index in [9.17, 15) is 9.59 Å². The average molecular weight is 359 g/mol. The van der Waals surface area contributed by atoms with Gasteiger partial charge in [0.25, 0.3) is 5.91 Å². The van der Waals surface area contributed by atoms with E-state index in [4.69, 9.17) is 9.47 Å². The van der Waals surface area contributed by atoms with E-state index in [1.165, 1.54) is 0 Å². The minimum absolute atomic E-state index is 0.0167. The number of nitrogens with zero attached hydrogens (tertiary/aromatic N) is 3. The number of amides is 2. The fraction of sp³-hybridized carbons (Fsp3) is 0.632. The molecule has 3 aliphatic rings. The maximum atomic E-state index is 12.8. The van der Waals surface area contributed by atoms with E-state index in [1.54, 1.807) is 6.20 Å². The second-order valence-corrected chi connectivity index (χ2v) is 7.36. The van der Waals surface area contributed by atoms with Crippen LogP contribution in [0.3, 0.4) is 0 Å². The van der Waals surface area contributed by atoms with Gasteiger partial charge in [-0.05, 0) is 18.1 Å². The highest BCUT2D eigenvalue weighted by molar-refractivity contribution is 5.94. The van der Waals surface area contributed by atoms with Crippen LogP contribution in [0.2, 0.25) is 0 Å². The highest BCUT2D eigenvalue weighted by atomic mass is 16.6. The third-order valence-corrected chi connectivity index (χ3v) is 5.65. The van der Waals surface area contributed by atoms with E-state index in [0.29, 0.717) is 56.9 Å². The Labute approximate surface area is 153 Å². The maximum Gasteiger partial charge on any atom is 0.272 e. The number of rotatable bonds is 5. The summed E-state index contributed by atoms with van der Waals surface area (Å²) >= 11 is 0. The van der Waals surface area contributed by atoms with Gasteiger partial charge >= 0.3 is 0 Å². The molecular weight excluding hydrogens is 334 g/mol. The van der Waals surface area contributed by atoms with Crippen LogP contribution in [-0.4, -0.2) is 78.7 Å². The second-order valence-electron chi connectivity index (χ2n) is 7.36. The molecule has 0 radical (unpaired) electrons. The number of fused-ring (bicyclic) bond motifs is 1. The van der Waals surface area contributed by atoms with Crippen LogP contribution in [-0.2, 0) is 20.7 Å². The minimum atomic E-state index is 0.0167. The first-order valence-corrected chi connectivity index (χ1v) is 9.36. The van der Waals surface area contributed by atoms with Crippen LogP contribution < -0.4 is 0 Å². The molecule has 1 aromatic rings. The molecule has 0 unspecified atom stereocenters. The number of pyridine rings is 1. The highest BCUT2D eigenvalue weighted by Crippen LogP contribution is 2.32. The Morgan fingerprint density at radius 2 is 1.88 bits per heavy atom. The number of hydrogen-bond donors (Lipinski definition) is 0. The first-order valence-electron chi connectivity index (χ1n) is 9.36. The van der Waals surface area contributed by atoms with Gasteiger partial charge in [-0.2, -0.15) is 0 Å². The van der Waals surface area contributed by atoms with Gasteiger partial charge in [0.1, 0.15) is 18.4 Å². The first kappa shape index (κ1) is 17.4. The summed E-state index contributed by atoms with van der Waals surface area (Å²) in [6.07, 6.45) is 2.54. The van der Waals surface area contributed by atoms with Crippen molar-refractivity contribution in [3.8, 4) is 0 Å². The van der Waals surface area contributed by atoms with E-state index in [1.807, 2.05) is 28.9 Å². The summed E-state index contributed by atoms with van der Waals surface area (Å²) in [5.74, 6) is 0.762. The number of likely N-dealkylation sites (tertiary alicyclic amines) is 2. The zero-order valence-electron chi connectivity index (χ0n) is 15.1. The number of aromatic nitrogens is 1. The summed E-state index contributed by atoms with van der Waals surface area (Å²) in [6.45, 7) is 6.15. The molecule has 26 heavy (non-hydrogen) atoms. The summed E-state index contributed by atoms with van der Waals surface area (Å²) in [6, 6.07) is 3.83. The molecule has 3 fully saturated rings. The SMILES string of the molecule is CCc1cccnc1C(=O)N1C[C@H]2CN(C(=O)COC3COC3)C[C@H]2C1. The minimum Gasteiger partial charge on any atom is -0.376 e. The largest absolute Gasteiger partial charge is 0.376 e. The zero-order chi connectivity index (χ0) is 18.1. The summed E-state index contributed by atoms with van der Waals surface area (Å²) in [7, 11) is 0. The van der Waals surface area contributed by atoms with Gasteiger partial charge in [-0.1, -0.05) is 13.0 Å². The number of hydrogen-bond acceptors (Lipinski definition) is 5. The summed E-state index contributed by atoms with van der Waals surface area (Å²) in [5, 5.41) is 0. The van der Waals surface area contributed by atoms with E-state index in [-0.39, 0.29) is 24.5 Å². The number of ether oxygens (including phenoxy) is 2. The normalized spacial score (nSPS) is 25.3. The summed E-state index contributed by atoms with van der Waals surface area (Å²) in [4.78, 5) is 33.2. The molecule has 0 aromatic carbocycles. The van der Waals surface area contributed by atoms with E-state index in [0.717, 1.165) is 12.0 Å². The van der Waals surface area contributed by atoms with Crippen molar-refractivity contribution in [3.05, 3.63) is 29.6 Å². The molecule has 140 valence electrons. The van der Waals surface area contributed by atoms with Gasteiger partial charge < -0.3 is 19.3 Å². The van der Waals surface area contributed by atoms with Gasteiger partial charge in [0.2, 0.25) is 5.91 Å². The molecule has 0 N–H and O–H groups in total. The lowest BCUT2D eigenvalue weighted by Gasteiger charge is -2.27. The Morgan fingerprint density at radius 1 is 1.19 bits per heavy atom. The molecular formula is C19H25N3O4. The zero-order valence-corrected chi connectivity index (χ0v) is 15.1. The predicted molar refractivity (Wildman–Crippen MR) is 93.6 cm³/mol. The molecule has 1 aromatic heterocycles. The number of aryl methyl sites for hydroxylation is 1. The van der Waals surface area contributed by atoms with Crippen molar-refractivity contribution in [1.29, 1.82) is 0 Å². The van der Waals surface area contributed by atoms with Crippen LogP contribution in [0.15, 0.2) is 18.3 Å². The topological polar surface area (TPSA) is 72.0 Å². The fourth-order valence-corrected chi connectivity index (χ4v) is 4.02. The Bertz CT molecular complexity index is 677. The molecule has 4 rings (SSSR count). The van der Waals surface area contributed by atoms with Crippen molar-refractivity contribution in [2.75, 3.05) is 46.0 Å². The average Bonchev–Trinajstić information content (AvgIpc) is 3.18. The molecule has 0 aliphatic carbocycles. The quantitative estimate of drug-likeness (QED) is 0.769. The Hall–Kier alpha value is -1.99. The van der Waals surface area contributed by atoms with Crippen molar-refractivity contribution >= 4 is 11.8 Å². The maximum absolute atomic E-state index is 12.8. The molecule has 0 saturated carbocycles. The van der Waals surface area contributed by atoms with Crippen molar-refractivity contribution in [1.82, 2.24) is 14.8 Å². The van der Waals surface area contributed by atoms with E-state index >= 15 is 0 Å². The van der Waals surface area contributed by atoms with Gasteiger partial charge in [-0.3, -0.25) is 14.6 Å². The third-order valence-electron chi connectivity index (χ3n) is 5.65. The number of carbonyl (C=O) groups excluding carboxylic acids is 2. The lowest BCUT2D eigenvalue weighted by atomic mass is 10.0. The van der Waals surface area contributed by atoms with Crippen LogP contribution in [0.25, 0.3) is 0 Å². The Morgan fingerprint density at radius 3 is 2.50 bits per heavy atom. The monoisotopic (exact) mass is 359 g/mol. The van der Waals surface area contributed by atoms with E-state index < -0.39 is 0 Å². The van der Waals surface area contributed by atoms with Gasteiger partial charge in [0.15, 0.2) is 0 Å². The Balaban J connectivity index is 1.31. The molecule has 3 saturated heterocycles. The van der Waals surface area contributed by atoms with Crippen molar-refractivity contribution in [2.45, 2.75) is 19.4 Å². The first-order chi connectivity index (χ1) is 12.7. The van der Waals surface area contributed by atoms with Crippen LogP contribution in [0.4, 0.5) is 0 Å². The summed E-state index contributed by atoms with van der Waals surface area (Å²) in [5.41, 5.74) is 1.56. The highest BCUT2D eigenvalue weighted by Gasteiger charge is 2.43. The van der Waals surface area contributed by atoms with Gasteiger partial charge in [0, 0.05) is 44.2 Å². The molecule has 3 aliphatic heterocycles. The van der Waals surface area contributed by atoms with Crippen LogP contribution in [0, 0.1) is 11.8 Å². The number of carbonyl (C=O) groups is 2. The molecule has 4 heterocycles. The lowest BCUT2D eigenvalue weighted by Crippen LogP contribution is -2.41. The van der Waals surface area contributed by atoms with Gasteiger partial charge in [-0.15, -0.1) is 0 Å². The molecule has 0 spiro atoms. The van der Waals surface area contributed by atoms with Gasteiger partial charge in [-0.25, -0.2) is 0 Å². The predicted octanol–water partition coefficient (Wildman–Crippen LogP) is 0.590. The molecule has 2 amide bonds. The Kier molecular flexibility index (Phi) is 4.91. The van der Waals surface area contributed by atoms with E-state index in [2.05, 4.69) is 4.98 Å². The molecule has 0 bridgehead atoms. The van der Waals surface area contributed by atoms with Crippen LogP contribution in [0.5, 0.6) is 0 Å². The summed E-state index contributed by atoms with van der Waals surface area (Å²) < 4.78 is 10.6.